The standard InChI is InChI=1S/C103H122N2O4/c1-94(2,3)64-43-47-74(48-44-64)104-82-35-31-39-86(106-76-55-66(96(7,8)9)51-67(56-76)97(10,11)12)90(82)80(91-83(104)36-32-40-87(91)107-77-57-68(98(13,14)15)52-69(58-77)99(16,17)18)63-81-92-84(37-33-41-88(92)108-78-59-70(100(19,20)21)53-71(60-78)101(22,23)24)105(75-49-45-65(46-50-75)95(4,5)6)85-38-34-42-89(93(81)85)109-79-61-72(102(25,26)27)54-73(62-79)103(28,29)30/h31-62H,1-30H3/q+2. The average Bonchev–Trinajstić information content (AvgIpc) is 0.712. The van der Waals surface area contributed by atoms with Crippen molar-refractivity contribution in [2.45, 2.75) is 262 Å². The molecule has 0 saturated heterocycles. The Morgan fingerprint density at radius 3 is 0.982 bits per heavy atom. The lowest BCUT2D eigenvalue weighted by Crippen LogP contribution is -2.48. The molecule has 109 heavy (non-hydrogen) atoms. The summed E-state index contributed by atoms with van der Waals surface area (Å²) in [6, 6.07) is 65.2. The van der Waals surface area contributed by atoms with Gasteiger partial charge in [-0.3, -0.25) is 0 Å². The first-order valence-electron chi connectivity index (χ1n) is 39.5. The number of fused-ring (bicyclic) bond motifs is 4. The van der Waals surface area contributed by atoms with Gasteiger partial charge in [-0.25, -0.2) is 0 Å². The zero-order chi connectivity index (χ0) is 79.6. The summed E-state index contributed by atoms with van der Waals surface area (Å²) in [5.41, 5.74) is 22.8. The minimum atomic E-state index is -0.197. The molecule has 10 aromatic rings. The smallest absolute Gasteiger partial charge is 0.332 e. The Hall–Kier alpha value is -9.48. The molecule has 2 heterocycles. The molecular formula is C103H122N2O4+2. The molecule has 1 aliphatic heterocycles. The van der Waals surface area contributed by atoms with Crippen LogP contribution in [0.25, 0.3) is 39.7 Å². The van der Waals surface area contributed by atoms with Gasteiger partial charge in [-0.1, -0.05) is 280 Å². The number of benzene rings is 9. The van der Waals surface area contributed by atoms with Gasteiger partial charge >= 0.3 is 5.69 Å². The van der Waals surface area contributed by atoms with Crippen molar-refractivity contribution in [2.24, 2.45) is 0 Å². The van der Waals surface area contributed by atoms with Gasteiger partial charge in [-0.2, -0.15) is 0 Å². The summed E-state index contributed by atoms with van der Waals surface area (Å²) in [5.74, 6) is 5.60. The Bertz CT molecular complexity index is 5130. The van der Waals surface area contributed by atoms with Gasteiger partial charge in [0.1, 0.15) is 56.9 Å². The van der Waals surface area contributed by atoms with Crippen LogP contribution < -0.4 is 38.9 Å². The van der Waals surface area contributed by atoms with E-state index in [0.29, 0.717) is 23.0 Å². The van der Waals surface area contributed by atoms with Gasteiger partial charge in [0.15, 0.2) is 0 Å². The molecule has 12 rings (SSSR count). The second-order valence-electron chi connectivity index (χ2n) is 41.1. The maximum atomic E-state index is 7.81. The van der Waals surface area contributed by atoms with Crippen LogP contribution in [-0.4, -0.2) is 0 Å². The third kappa shape index (κ3) is 16.7. The Morgan fingerprint density at radius 1 is 0.321 bits per heavy atom. The van der Waals surface area contributed by atoms with Crippen LogP contribution in [0.2, 0.25) is 0 Å². The number of pyridine rings is 1. The van der Waals surface area contributed by atoms with Crippen LogP contribution in [-0.2, 0) is 54.1 Å². The molecule has 566 valence electrons. The van der Waals surface area contributed by atoms with Gasteiger partial charge in [0.25, 0.3) is 5.76 Å². The summed E-state index contributed by atoms with van der Waals surface area (Å²) in [7, 11) is 0. The highest BCUT2D eigenvalue weighted by atomic mass is 16.5. The lowest BCUT2D eigenvalue weighted by atomic mass is 9.80. The summed E-state index contributed by atoms with van der Waals surface area (Å²) in [6.45, 7) is 68.5. The number of hydrogen-bond acceptors (Lipinski definition) is 5. The molecule has 6 nitrogen and oxygen atoms in total. The fraction of sp³-hybridized carbons (Fsp3) is 0.388. The van der Waals surface area contributed by atoms with Crippen molar-refractivity contribution in [3.05, 3.63) is 271 Å². The van der Waals surface area contributed by atoms with E-state index in [9.17, 15) is 0 Å². The highest BCUT2D eigenvalue weighted by molar-refractivity contribution is 6.08. The number of hydrogen-bond donors (Lipinski definition) is 0. The first-order chi connectivity index (χ1) is 50.3. The number of rotatable bonds is 10. The maximum Gasteiger partial charge on any atom is 0.332 e. The summed E-state index contributed by atoms with van der Waals surface area (Å²) in [6.07, 6.45) is 6.53. The van der Waals surface area contributed by atoms with Gasteiger partial charge in [-0.05, 0) is 201 Å². The van der Waals surface area contributed by atoms with Gasteiger partial charge < -0.3 is 23.8 Å². The van der Waals surface area contributed by atoms with Crippen LogP contribution in [0.4, 0.5) is 17.1 Å². The molecule has 0 N–H and O–H groups in total. The van der Waals surface area contributed by atoms with Gasteiger partial charge in [0, 0.05) is 29.5 Å². The molecule has 1 aliphatic carbocycles. The fourth-order valence-electron chi connectivity index (χ4n) is 14.4. The Morgan fingerprint density at radius 2 is 0.633 bits per heavy atom. The fourth-order valence-corrected chi connectivity index (χ4v) is 14.4. The molecule has 0 atom stereocenters. The van der Waals surface area contributed by atoms with Crippen LogP contribution in [0.1, 0.15) is 280 Å². The van der Waals surface area contributed by atoms with Gasteiger partial charge in [0.05, 0.1) is 35.0 Å². The van der Waals surface area contributed by atoms with E-state index in [2.05, 4.69) is 417 Å². The van der Waals surface area contributed by atoms with E-state index in [-0.39, 0.29) is 54.1 Å². The molecule has 0 radical (unpaired) electrons. The third-order valence-corrected chi connectivity index (χ3v) is 21.7. The van der Waals surface area contributed by atoms with Crippen molar-refractivity contribution >= 4 is 51.1 Å². The van der Waals surface area contributed by atoms with E-state index in [4.69, 9.17) is 18.9 Å². The largest absolute Gasteiger partial charge is 0.457 e. The highest BCUT2D eigenvalue weighted by Crippen LogP contribution is 2.56. The predicted octanol–water partition coefficient (Wildman–Crippen LogP) is 27.2. The minimum absolute atomic E-state index is 0.0981. The Kier molecular flexibility index (Phi) is 20.2. The van der Waals surface area contributed by atoms with Crippen molar-refractivity contribution in [3.63, 3.8) is 0 Å². The summed E-state index contributed by atoms with van der Waals surface area (Å²) in [4.78, 5) is 2.41. The van der Waals surface area contributed by atoms with E-state index in [0.717, 1.165) is 89.5 Å². The SMILES string of the molecule is CC(C)(C)c1ccc(N2c3cccc(Oc4cc(C(C)(C)C)cc(C(C)(C)C)c4)c3C(=C=c3c4c([n+](-c5ccc(C(C)(C)C)cc5)c5cccc(Oc6cc(C(C)(C)C)cc(C(C)(C)C)c6)c35)C=C[CH+]C=4Oc3cc(C(C)(C)C)cc(C(C)(C)C)c3)c3c(Oc4cc(C(C)(C)C)cc(C(C)(C)C)c4)cccc32)cc1. The van der Waals surface area contributed by atoms with Crippen LogP contribution in [0.15, 0.2) is 182 Å². The predicted molar refractivity (Wildman–Crippen MR) is 462 cm³/mol. The summed E-state index contributed by atoms with van der Waals surface area (Å²) < 4.78 is 33.6. The first-order valence-corrected chi connectivity index (χ1v) is 39.5. The second kappa shape index (κ2) is 27.8. The van der Waals surface area contributed by atoms with Crippen LogP contribution in [0.3, 0.4) is 0 Å². The number of anilines is 3. The number of aromatic nitrogens is 1. The van der Waals surface area contributed by atoms with E-state index >= 15 is 0 Å². The zero-order valence-electron chi connectivity index (χ0n) is 71.5. The summed E-state index contributed by atoms with van der Waals surface area (Å²) in [5, 5.41) is 2.42. The van der Waals surface area contributed by atoms with Crippen molar-refractivity contribution in [1.82, 2.24) is 0 Å². The van der Waals surface area contributed by atoms with Crippen molar-refractivity contribution < 1.29 is 23.5 Å². The van der Waals surface area contributed by atoms with Crippen molar-refractivity contribution in [3.8, 4) is 45.9 Å². The van der Waals surface area contributed by atoms with Crippen molar-refractivity contribution in [2.75, 3.05) is 4.90 Å². The number of nitrogens with zero attached hydrogens (tertiary/aromatic N) is 2. The first kappa shape index (κ1) is 79.1. The second-order valence-corrected chi connectivity index (χ2v) is 41.1. The topological polar surface area (TPSA) is 44.0 Å². The third-order valence-electron chi connectivity index (χ3n) is 21.7. The van der Waals surface area contributed by atoms with E-state index in [1.54, 1.807) is 0 Å². The molecule has 0 saturated carbocycles. The quantitative estimate of drug-likeness (QED) is 0.101. The molecular weight excluding hydrogens is 1330 g/mol. The minimum Gasteiger partial charge on any atom is -0.457 e. The molecule has 0 spiro atoms. The molecule has 6 heteroatoms. The van der Waals surface area contributed by atoms with Gasteiger partial charge in [-0.15, -0.1) is 4.57 Å². The monoisotopic (exact) mass is 1450 g/mol. The van der Waals surface area contributed by atoms with Crippen LogP contribution in [0.5, 0.6) is 40.2 Å². The van der Waals surface area contributed by atoms with Crippen molar-refractivity contribution in [1.29, 1.82) is 0 Å². The molecule has 1 aromatic heterocycles. The lowest BCUT2D eigenvalue weighted by Gasteiger charge is -2.36. The van der Waals surface area contributed by atoms with Crippen LogP contribution >= 0.6 is 0 Å². The van der Waals surface area contributed by atoms with Gasteiger partial charge in [0.2, 0.25) is 16.4 Å². The summed E-state index contributed by atoms with van der Waals surface area (Å²) >= 11 is 0. The molecule has 0 amide bonds. The van der Waals surface area contributed by atoms with E-state index in [1.165, 1.54) is 55.6 Å². The maximum absolute atomic E-state index is 7.81. The van der Waals surface area contributed by atoms with E-state index in [1.807, 2.05) is 0 Å². The highest BCUT2D eigenvalue weighted by Gasteiger charge is 2.39. The Labute approximate surface area is 654 Å². The molecule has 9 aromatic carbocycles. The lowest BCUT2D eigenvalue weighted by molar-refractivity contribution is -0.570. The number of ether oxygens (including phenoxy) is 4. The molecule has 0 fully saturated rings. The molecule has 2 aliphatic rings. The Balaban J connectivity index is 1.37. The van der Waals surface area contributed by atoms with Crippen LogP contribution in [0, 0.1) is 6.42 Å². The average molecular weight is 1450 g/mol. The molecule has 0 bridgehead atoms. The molecule has 0 unspecified atom stereocenters. The van der Waals surface area contributed by atoms with E-state index < -0.39 is 0 Å². The normalized spacial score (nSPS) is 13.9. The zero-order valence-corrected chi connectivity index (χ0v) is 71.5.